The summed E-state index contributed by atoms with van der Waals surface area (Å²) in [6.07, 6.45) is -2.91. The second kappa shape index (κ2) is 12.9. The first kappa shape index (κ1) is 30.9. The monoisotopic (exact) mass is 615 g/mol. The number of piperidine rings is 1. The molecule has 13 heteroatoms. The Bertz CT molecular complexity index is 1380. The van der Waals surface area contributed by atoms with Gasteiger partial charge in [-0.2, -0.15) is 18.3 Å². The second-order valence-electron chi connectivity index (χ2n) is 9.87. The Labute approximate surface area is 246 Å². The molecular weight excluding hydrogens is 585 g/mol. The number of alkyl halides is 3. The van der Waals surface area contributed by atoms with Gasteiger partial charge in [0.25, 0.3) is 0 Å². The molecule has 7 nitrogen and oxygen atoms in total. The van der Waals surface area contributed by atoms with E-state index in [4.69, 9.17) is 16.3 Å². The van der Waals surface area contributed by atoms with Gasteiger partial charge in [0.2, 0.25) is 0 Å². The van der Waals surface area contributed by atoms with Gasteiger partial charge < -0.3 is 19.9 Å². The lowest BCUT2D eigenvalue weighted by molar-refractivity contribution is -0.145. The maximum Gasteiger partial charge on any atom is 0.433 e. The van der Waals surface area contributed by atoms with Crippen LogP contribution in [0.3, 0.4) is 0 Å². The van der Waals surface area contributed by atoms with E-state index >= 15 is 4.39 Å². The molecule has 5 rings (SSSR count). The van der Waals surface area contributed by atoms with Crippen molar-refractivity contribution in [2.75, 3.05) is 55.7 Å². The van der Waals surface area contributed by atoms with E-state index < -0.39 is 35.3 Å². The quantitative estimate of drug-likeness (QED) is 0.263. The summed E-state index contributed by atoms with van der Waals surface area (Å²) in [5.74, 6) is -1.45. The van der Waals surface area contributed by atoms with Crippen molar-refractivity contribution in [3.63, 3.8) is 0 Å². The molecule has 2 saturated heterocycles. The maximum atomic E-state index is 15.5. The Balaban J connectivity index is 0.00000387. The van der Waals surface area contributed by atoms with Crippen LogP contribution in [-0.4, -0.2) is 61.6 Å². The third-order valence-electron chi connectivity index (χ3n) is 7.33. The van der Waals surface area contributed by atoms with Gasteiger partial charge in [0.1, 0.15) is 11.4 Å². The Morgan fingerprint density at radius 1 is 1.10 bits per heavy atom. The van der Waals surface area contributed by atoms with E-state index in [0.29, 0.717) is 41.2 Å². The number of nitrogens with one attached hydrogen (secondary N) is 1. The molecule has 1 atom stereocenters. The Morgan fingerprint density at radius 3 is 2.51 bits per heavy atom. The number of ether oxygens (including phenoxy) is 1. The number of nitrogens with zero attached hydrogens (tertiary/aromatic N) is 4. The fourth-order valence-electron chi connectivity index (χ4n) is 5.49. The number of anilines is 2. The van der Waals surface area contributed by atoms with Crippen LogP contribution < -0.4 is 15.1 Å². The Hall–Kier alpha value is -3.02. The van der Waals surface area contributed by atoms with Gasteiger partial charge in [0.15, 0.2) is 5.69 Å². The molecule has 222 valence electrons. The fourth-order valence-corrected chi connectivity index (χ4v) is 5.66. The second-order valence-corrected chi connectivity index (χ2v) is 10.3. The van der Waals surface area contributed by atoms with E-state index in [1.165, 1.54) is 13.0 Å². The van der Waals surface area contributed by atoms with Gasteiger partial charge in [-0.15, -0.1) is 12.4 Å². The van der Waals surface area contributed by atoms with Crippen molar-refractivity contribution < 1.29 is 27.1 Å². The van der Waals surface area contributed by atoms with Gasteiger partial charge in [-0.1, -0.05) is 17.7 Å². The predicted molar refractivity (Wildman–Crippen MR) is 153 cm³/mol. The zero-order valence-electron chi connectivity index (χ0n) is 22.4. The first-order chi connectivity index (χ1) is 19.2. The number of esters is 1. The normalized spacial score (nSPS) is 17.8. The maximum absolute atomic E-state index is 15.5. The largest absolute Gasteiger partial charge is 0.462 e. The summed E-state index contributed by atoms with van der Waals surface area (Å²) in [6, 6.07) is 9.58. The van der Waals surface area contributed by atoms with Crippen molar-refractivity contribution in [2.45, 2.75) is 32.0 Å². The zero-order chi connectivity index (χ0) is 28.4. The van der Waals surface area contributed by atoms with E-state index in [-0.39, 0.29) is 25.6 Å². The number of piperazine rings is 1. The van der Waals surface area contributed by atoms with Crippen molar-refractivity contribution in [2.24, 2.45) is 0 Å². The number of aromatic nitrogens is 2. The summed E-state index contributed by atoms with van der Waals surface area (Å²) in [7, 11) is 0. The lowest BCUT2D eigenvalue weighted by Crippen LogP contribution is -2.43. The molecule has 0 spiro atoms. The number of rotatable bonds is 6. The number of carbonyl (C=O) groups excluding carboxylic acids is 1. The summed E-state index contributed by atoms with van der Waals surface area (Å²) >= 11 is 6.35. The molecule has 1 aromatic heterocycles. The number of hydrogen-bond acceptors (Lipinski definition) is 6. The molecule has 41 heavy (non-hydrogen) atoms. The zero-order valence-corrected chi connectivity index (χ0v) is 24.0. The minimum Gasteiger partial charge on any atom is -0.462 e. The van der Waals surface area contributed by atoms with Crippen LogP contribution in [0.25, 0.3) is 11.1 Å². The fraction of sp³-hybridized carbons (Fsp3) is 0.429. The van der Waals surface area contributed by atoms with Gasteiger partial charge >= 0.3 is 12.1 Å². The highest BCUT2D eigenvalue weighted by Gasteiger charge is 2.42. The average molecular weight is 616 g/mol. The van der Waals surface area contributed by atoms with Gasteiger partial charge in [0.05, 0.1) is 18.8 Å². The van der Waals surface area contributed by atoms with Crippen LogP contribution in [0.1, 0.15) is 41.9 Å². The molecule has 0 amide bonds. The summed E-state index contributed by atoms with van der Waals surface area (Å²) in [5, 5.41) is 7.69. The first-order valence-electron chi connectivity index (χ1n) is 13.3. The molecule has 3 heterocycles. The third-order valence-corrected chi connectivity index (χ3v) is 7.56. The SMILES string of the molecule is CCOC(=O)c1cnn(C2CCCN(c3cc(Cl)ccc3-c3ccc(N4CCNCC4)cc3F)C2)c1C(F)(F)F.Cl. The van der Waals surface area contributed by atoms with Gasteiger partial charge in [-0.05, 0) is 50.1 Å². The summed E-state index contributed by atoms with van der Waals surface area (Å²) in [4.78, 5) is 16.3. The molecular formula is C28H31Cl2F4N5O2. The third kappa shape index (κ3) is 6.57. The van der Waals surface area contributed by atoms with E-state index in [1.54, 1.807) is 24.3 Å². The Kier molecular flexibility index (Phi) is 9.71. The smallest absolute Gasteiger partial charge is 0.433 e. The van der Waals surface area contributed by atoms with Gasteiger partial charge in [-0.3, -0.25) is 4.68 Å². The van der Waals surface area contributed by atoms with Crippen LogP contribution in [0.2, 0.25) is 5.02 Å². The van der Waals surface area contributed by atoms with E-state index in [0.717, 1.165) is 42.7 Å². The molecule has 2 aliphatic rings. The van der Waals surface area contributed by atoms with Crippen molar-refractivity contribution in [1.29, 1.82) is 0 Å². The topological polar surface area (TPSA) is 62.6 Å². The first-order valence-corrected chi connectivity index (χ1v) is 13.7. The number of benzene rings is 2. The van der Waals surface area contributed by atoms with Crippen LogP contribution in [0.5, 0.6) is 0 Å². The summed E-state index contributed by atoms with van der Waals surface area (Å²) < 4.78 is 63.6. The highest BCUT2D eigenvalue weighted by Crippen LogP contribution is 2.40. The standard InChI is InChI=1S/C28H30ClF4N5O2.ClH/c1-2-40-27(39)23-16-35-38(26(23)28(31,32)33)20-4-3-11-37(17-20)25-14-18(29)5-7-22(25)21-8-6-19(15-24(21)30)36-12-9-34-10-13-36;/h5-8,14-16,20,34H,2-4,9-13,17H2,1H3;1H. The van der Waals surface area contributed by atoms with Crippen molar-refractivity contribution >= 4 is 41.4 Å². The molecule has 0 aliphatic carbocycles. The van der Waals surface area contributed by atoms with Crippen LogP contribution >= 0.6 is 24.0 Å². The molecule has 0 saturated carbocycles. The van der Waals surface area contributed by atoms with Crippen LogP contribution in [0.15, 0.2) is 42.6 Å². The molecule has 1 N–H and O–H groups in total. The van der Waals surface area contributed by atoms with Crippen molar-refractivity contribution in [3.8, 4) is 11.1 Å². The van der Waals surface area contributed by atoms with Crippen molar-refractivity contribution in [1.82, 2.24) is 15.1 Å². The molecule has 2 aromatic carbocycles. The van der Waals surface area contributed by atoms with Crippen LogP contribution in [0.4, 0.5) is 28.9 Å². The van der Waals surface area contributed by atoms with E-state index in [9.17, 15) is 18.0 Å². The molecule has 1 unspecified atom stereocenters. The molecule has 2 aliphatic heterocycles. The lowest BCUT2D eigenvalue weighted by atomic mass is 9.98. The number of carbonyl (C=O) groups is 1. The molecule has 0 radical (unpaired) electrons. The summed E-state index contributed by atoms with van der Waals surface area (Å²) in [6.45, 7) is 5.40. The number of hydrogen-bond donors (Lipinski definition) is 1. The lowest BCUT2D eigenvalue weighted by Gasteiger charge is -2.36. The average Bonchev–Trinajstić information content (AvgIpc) is 3.41. The predicted octanol–water partition coefficient (Wildman–Crippen LogP) is 6.21. The summed E-state index contributed by atoms with van der Waals surface area (Å²) in [5.41, 5.74) is 0.662. The number of halogens is 6. The molecule has 3 aromatic rings. The minimum atomic E-state index is -4.81. The van der Waals surface area contributed by atoms with Crippen molar-refractivity contribution in [3.05, 3.63) is 64.7 Å². The van der Waals surface area contributed by atoms with E-state index in [2.05, 4.69) is 15.3 Å². The highest BCUT2D eigenvalue weighted by atomic mass is 35.5. The molecule has 2 fully saturated rings. The molecule has 0 bridgehead atoms. The van der Waals surface area contributed by atoms with E-state index in [1.807, 2.05) is 11.0 Å². The Morgan fingerprint density at radius 2 is 1.83 bits per heavy atom. The minimum absolute atomic E-state index is 0. The highest BCUT2D eigenvalue weighted by molar-refractivity contribution is 6.31. The van der Waals surface area contributed by atoms with Gasteiger partial charge in [-0.25, -0.2) is 9.18 Å². The van der Waals surface area contributed by atoms with Gasteiger partial charge in [0, 0.05) is 66.8 Å². The van der Waals surface area contributed by atoms with Crippen LogP contribution in [0, 0.1) is 5.82 Å². The van der Waals surface area contributed by atoms with Crippen LogP contribution in [-0.2, 0) is 10.9 Å².